The summed E-state index contributed by atoms with van der Waals surface area (Å²) >= 11 is 11.1. The number of aryl methyl sites for hydroxylation is 1. The van der Waals surface area contributed by atoms with Crippen molar-refractivity contribution in [2.75, 3.05) is 7.11 Å². The molecule has 0 aliphatic rings. The van der Waals surface area contributed by atoms with Gasteiger partial charge < -0.3 is 4.74 Å². The van der Waals surface area contributed by atoms with E-state index >= 15 is 0 Å². The van der Waals surface area contributed by atoms with Crippen LogP contribution in [0.15, 0.2) is 0 Å². The van der Waals surface area contributed by atoms with Crippen LogP contribution in [0.1, 0.15) is 16.2 Å². The molecule has 0 bridgehead atoms. The summed E-state index contributed by atoms with van der Waals surface area (Å²) in [6.45, 7) is 1.38. The van der Waals surface area contributed by atoms with Gasteiger partial charge in [-0.05, 0) is 6.92 Å². The predicted molar refractivity (Wildman–Crippen MR) is 50.3 cm³/mol. The molecule has 0 amide bonds. The summed E-state index contributed by atoms with van der Waals surface area (Å²) in [5.74, 6) is -1.48. The number of pyridine rings is 1. The topological polar surface area (TPSA) is 39.2 Å². The molecule has 76 valence electrons. The number of halogens is 3. The van der Waals surface area contributed by atoms with Crippen LogP contribution in [0.4, 0.5) is 4.39 Å². The molecule has 3 nitrogen and oxygen atoms in total. The first-order chi connectivity index (χ1) is 6.49. The van der Waals surface area contributed by atoms with Crippen molar-refractivity contribution in [3.63, 3.8) is 0 Å². The molecule has 1 aromatic heterocycles. The van der Waals surface area contributed by atoms with Gasteiger partial charge >= 0.3 is 5.97 Å². The summed E-state index contributed by atoms with van der Waals surface area (Å²) in [4.78, 5) is 14.7. The Kier molecular flexibility index (Phi) is 3.29. The normalized spacial score (nSPS) is 10.1. The van der Waals surface area contributed by atoms with E-state index in [1.165, 1.54) is 14.0 Å². The Morgan fingerprint density at radius 2 is 2.00 bits per heavy atom. The minimum absolute atomic E-state index is 0.000185. The molecule has 0 saturated carbocycles. The average Bonchev–Trinajstić information content (AvgIpc) is 2.19. The van der Waals surface area contributed by atoms with Gasteiger partial charge in [-0.1, -0.05) is 23.2 Å². The second kappa shape index (κ2) is 4.11. The van der Waals surface area contributed by atoms with Crippen LogP contribution in [-0.2, 0) is 4.74 Å². The summed E-state index contributed by atoms with van der Waals surface area (Å²) in [6.07, 6.45) is 0. The smallest absolute Gasteiger partial charge is 0.358 e. The molecule has 0 radical (unpaired) electrons. The maximum atomic E-state index is 13.1. The summed E-state index contributed by atoms with van der Waals surface area (Å²) < 4.78 is 17.5. The molecule has 14 heavy (non-hydrogen) atoms. The van der Waals surface area contributed by atoms with Crippen LogP contribution in [-0.4, -0.2) is 18.1 Å². The number of esters is 1. The Morgan fingerprint density at radius 1 is 1.43 bits per heavy atom. The van der Waals surface area contributed by atoms with E-state index in [1.807, 2.05) is 0 Å². The Hall–Kier alpha value is -0.870. The van der Waals surface area contributed by atoms with Crippen LogP contribution in [0.3, 0.4) is 0 Å². The van der Waals surface area contributed by atoms with Crippen LogP contribution in [0, 0.1) is 12.7 Å². The van der Waals surface area contributed by atoms with Crippen molar-refractivity contribution in [1.82, 2.24) is 4.98 Å². The third kappa shape index (κ3) is 1.81. The van der Waals surface area contributed by atoms with E-state index in [4.69, 9.17) is 23.2 Å². The lowest BCUT2D eigenvalue weighted by Gasteiger charge is -2.05. The second-order valence-electron chi connectivity index (χ2n) is 2.48. The van der Waals surface area contributed by atoms with Crippen LogP contribution < -0.4 is 0 Å². The van der Waals surface area contributed by atoms with E-state index in [9.17, 15) is 9.18 Å². The summed E-state index contributed by atoms with van der Waals surface area (Å²) in [7, 11) is 1.17. The van der Waals surface area contributed by atoms with Gasteiger partial charge in [0.05, 0.1) is 22.8 Å². The molecular formula is C8H6Cl2FNO2. The molecule has 0 saturated heterocycles. The van der Waals surface area contributed by atoms with E-state index in [2.05, 4.69) is 9.72 Å². The van der Waals surface area contributed by atoms with Crippen LogP contribution >= 0.6 is 23.2 Å². The number of aromatic nitrogens is 1. The van der Waals surface area contributed by atoms with E-state index < -0.39 is 11.8 Å². The Morgan fingerprint density at radius 3 is 2.50 bits per heavy atom. The fourth-order valence-electron chi connectivity index (χ4n) is 0.857. The monoisotopic (exact) mass is 237 g/mol. The van der Waals surface area contributed by atoms with Gasteiger partial charge in [-0.15, -0.1) is 0 Å². The first-order valence-electron chi connectivity index (χ1n) is 3.58. The molecular weight excluding hydrogens is 232 g/mol. The van der Waals surface area contributed by atoms with Gasteiger partial charge in [-0.25, -0.2) is 14.2 Å². The maximum Gasteiger partial charge on any atom is 0.358 e. The zero-order chi connectivity index (χ0) is 10.9. The van der Waals surface area contributed by atoms with Gasteiger partial charge in [0, 0.05) is 0 Å². The van der Waals surface area contributed by atoms with Gasteiger partial charge in [0.2, 0.25) is 0 Å². The molecule has 0 N–H and O–H groups in total. The van der Waals surface area contributed by atoms with Crippen molar-refractivity contribution in [3.05, 3.63) is 27.3 Å². The minimum Gasteiger partial charge on any atom is -0.464 e. The lowest BCUT2D eigenvalue weighted by molar-refractivity contribution is 0.0594. The van der Waals surface area contributed by atoms with Crippen LogP contribution in [0.25, 0.3) is 0 Å². The van der Waals surface area contributed by atoms with Gasteiger partial charge in [-0.2, -0.15) is 0 Å². The number of ether oxygens (including phenoxy) is 1. The molecule has 6 heteroatoms. The third-order valence-corrected chi connectivity index (χ3v) is 2.39. The number of methoxy groups -OCH3 is 1. The quantitative estimate of drug-likeness (QED) is 0.706. The lowest BCUT2D eigenvalue weighted by atomic mass is 10.3. The molecule has 0 aromatic carbocycles. The SMILES string of the molecule is COC(=O)c1nc(C)c(F)c(Cl)c1Cl. The van der Waals surface area contributed by atoms with Gasteiger partial charge in [0.15, 0.2) is 11.5 Å². The summed E-state index contributed by atoms with van der Waals surface area (Å²) in [5.41, 5.74) is -0.183. The Bertz CT molecular complexity index is 395. The first-order valence-corrected chi connectivity index (χ1v) is 4.34. The highest BCUT2D eigenvalue weighted by atomic mass is 35.5. The van der Waals surface area contributed by atoms with Crippen LogP contribution in [0.2, 0.25) is 10.0 Å². The number of rotatable bonds is 1. The second-order valence-corrected chi connectivity index (χ2v) is 3.24. The number of hydrogen-bond donors (Lipinski definition) is 0. The van der Waals surface area contributed by atoms with Gasteiger partial charge in [0.25, 0.3) is 0 Å². The number of carbonyl (C=O) groups is 1. The number of nitrogens with zero attached hydrogens (tertiary/aromatic N) is 1. The molecule has 0 aliphatic carbocycles. The lowest BCUT2D eigenvalue weighted by Crippen LogP contribution is -2.08. The molecule has 0 atom stereocenters. The average molecular weight is 238 g/mol. The highest BCUT2D eigenvalue weighted by Gasteiger charge is 2.20. The molecule has 0 fully saturated rings. The molecule has 1 rings (SSSR count). The number of carbonyl (C=O) groups excluding carboxylic acids is 1. The first kappa shape index (κ1) is 11.2. The largest absolute Gasteiger partial charge is 0.464 e. The molecule has 1 heterocycles. The van der Waals surface area contributed by atoms with E-state index in [0.29, 0.717) is 0 Å². The standard InChI is InChI=1S/C8H6Cl2FNO2/c1-3-6(11)4(9)5(10)7(12-3)8(13)14-2/h1-2H3. The zero-order valence-electron chi connectivity index (χ0n) is 7.40. The van der Waals surface area contributed by atoms with Crippen molar-refractivity contribution < 1.29 is 13.9 Å². The van der Waals surface area contributed by atoms with Crippen molar-refractivity contribution in [3.8, 4) is 0 Å². The van der Waals surface area contributed by atoms with Gasteiger partial charge in [0.1, 0.15) is 0 Å². The predicted octanol–water partition coefficient (Wildman–Crippen LogP) is 2.62. The van der Waals surface area contributed by atoms with E-state index in [-0.39, 0.29) is 21.4 Å². The fraction of sp³-hybridized carbons (Fsp3) is 0.250. The van der Waals surface area contributed by atoms with Gasteiger partial charge in [-0.3, -0.25) is 0 Å². The van der Waals surface area contributed by atoms with E-state index in [0.717, 1.165) is 0 Å². The minimum atomic E-state index is -0.750. The van der Waals surface area contributed by atoms with Crippen molar-refractivity contribution in [1.29, 1.82) is 0 Å². The molecule has 1 aromatic rings. The zero-order valence-corrected chi connectivity index (χ0v) is 8.91. The van der Waals surface area contributed by atoms with Crippen LogP contribution in [0.5, 0.6) is 0 Å². The third-order valence-electron chi connectivity index (χ3n) is 1.57. The number of hydrogen-bond acceptors (Lipinski definition) is 3. The Balaban J connectivity index is 3.40. The fourth-order valence-corrected chi connectivity index (χ4v) is 1.29. The van der Waals surface area contributed by atoms with Crippen molar-refractivity contribution in [2.45, 2.75) is 6.92 Å². The summed E-state index contributed by atoms with van der Waals surface area (Å²) in [5, 5.41) is -0.554. The van der Waals surface area contributed by atoms with Crippen molar-refractivity contribution >= 4 is 29.2 Å². The maximum absolute atomic E-state index is 13.1. The van der Waals surface area contributed by atoms with E-state index in [1.54, 1.807) is 0 Å². The molecule has 0 aliphatic heterocycles. The molecule has 0 spiro atoms. The highest BCUT2D eigenvalue weighted by Crippen LogP contribution is 2.29. The van der Waals surface area contributed by atoms with Crippen molar-refractivity contribution in [2.24, 2.45) is 0 Å². The summed E-state index contributed by atoms with van der Waals surface area (Å²) in [6, 6.07) is 0. The molecule has 0 unspecified atom stereocenters. The Labute approximate surface area is 89.8 Å². The highest BCUT2D eigenvalue weighted by molar-refractivity contribution is 6.43.